The maximum Gasteiger partial charge on any atom is 0.265 e. The van der Waals surface area contributed by atoms with Gasteiger partial charge in [0.25, 0.3) is 10.0 Å². The average Bonchev–Trinajstić information content (AvgIpc) is 3.09. The number of benzene rings is 2. The van der Waals surface area contributed by atoms with E-state index in [0.717, 1.165) is 11.6 Å². The van der Waals surface area contributed by atoms with Crippen molar-refractivity contribution in [2.45, 2.75) is 18.7 Å². The van der Waals surface area contributed by atoms with Crippen LogP contribution in [0.25, 0.3) is 17.1 Å². The van der Waals surface area contributed by atoms with E-state index in [9.17, 15) is 12.8 Å². The Morgan fingerprint density at radius 3 is 2.38 bits per heavy atom. The first-order valence-electron chi connectivity index (χ1n) is 9.62. The lowest BCUT2D eigenvalue weighted by Crippen LogP contribution is -2.15. The highest BCUT2D eigenvalue weighted by Gasteiger charge is 2.26. The monoisotopic (exact) mass is 453 g/mol. The first kappa shape index (κ1) is 21.4. The molecule has 0 radical (unpaired) electrons. The quantitative estimate of drug-likeness (QED) is 0.476. The molecule has 0 spiro atoms. The van der Waals surface area contributed by atoms with Crippen LogP contribution in [0, 0.1) is 19.7 Å². The maximum absolute atomic E-state index is 14.0. The second-order valence-corrected chi connectivity index (χ2v) is 8.63. The first-order chi connectivity index (χ1) is 15.3. The molecule has 0 amide bonds. The van der Waals surface area contributed by atoms with Gasteiger partial charge in [-0.1, -0.05) is 30.3 Å². The van der Waals surface area contributed by atoms with Crippen LogP contribution >= 0.6 is 0 Å². The van der Waals surface area contributed by atoms with Gasteiger partial charge in [-0.25, -0.2) is 17.5 Å². The van der Waals surface area contributed by atoms with E-state index in [4.69, 9.17) is 4.74 Å². The molecular formula is C22H20FN5O3S. The normalized spacial score (nSPS) is 11.4. The molecule has 0 bridgehead atoms. The molecule has 2 heterocycles. The maximum atomic E-state index is 14.0. The average molecular weight is 453 g/mol. The zero-order valence-electron chi connectivity index (χ0n) is 17.6. The Morgan fingerprint density at radius 1 is 1.00 bits per heavy atom. The molecule has 10 heteroatoms. The Balaban J connectivity index is 1.66. The number of anilines is 1. The smallest absolute Gasteiger partial charge is 0.265 e. The first-order valence-corrected chi connectivity index (χ1v) is 11.1. The number of ether oxygens (including phenoxy) is 1. The Hall–Kier alpha value is -3.79. The van der Waals surface area contributed by atoms with E-state index in [1.54, 1.807) is 26.0 Å². The van der Waals surface area contributed by atoms with Crippen LogP contribution in [-0.4, -0.2) is 35.5 Å². The summed E-state index contributed by atoms with van der Waals surface area (Å²) in [6.45, 7) is 3.20. The molecule has 1 N–H and O–H groups in total. The zero-order valence-corrected chi connectivity index (χ0v) is 18.4. The molecule has 0 atom stereocenters. The summed E-state index contributed by atoms with van der Waals surface area (Å²) in [4.78, 5) is -0.0114. The van der Waals surface area contributed by atoms with Crippen molar-refractivity contribution in [3.8, 4) is 22.8 Å². The molecular weight excluding hydrogens is 433 g/mol. The molecule has 0 saturated carbocycles. The molecule has 0 aliphatic rings. The summed E-state index contributed by atoms with van der Waals surface area (Å²) in [5.74, 6) is -0.279. The van der Waals surface area contributed by atoms with Crippen molar-refractivity contribution in [3.05, 3.63) is 77.9 Å². The van der Waals surface area contributed by atoms with Gasteiger partial charge in [0.2, 0.25) is 0 Å². The van der Waals surface area contributed by atoms with Crippen LogP contribution in [0.1, 0.15) is 11.4 Å². The minimum atomic E-state index is -4.04. The minimum Gasteiger partial charge on any atom is -0.494 e. The van der Waals surface area contributed by atoms with Crippen LogP contribution in [-0.2, 0) is 10.0 Å². The molecule has 0 aliphatic heterocycles. The molecule has 8 nitrogen and oxygen atoms in total. The molecule has 0 unspecified atom stereocenters. The Morgan fingerprint density at radius 2 is 1.75 bits per heavy atom. The number of hydrogen-bond donors (Lipinski definition) is 1. The highest BCUT2D eigenvalue weighted by Crippen LogP contribution is 2.27. The molecule has 4 rings (SSSR count). The number of nitrogens with one attached hydrogen (secondary N) is 1. The molecule has 2 aromatic carbocycles. The van der Waals surface area contributed by atoms with Gasteiger partial charge in [-0.3, -0.25) is 4.72 Å². The van der Waals surface area contributed by atoms with Gasteiger partial charge >= 0.3 is 0 Å². The van der Waals surface area contributed by atoms with Crippen molar-refractivity contribution in [1.82, 2.24) is 20.0 Å². The van der Waals surface area contributed by atoms with Gasteiger partial charge in [0.1, 0.15) is 4.90 Å². The summed E-state index contributed by atoms with van der Waals surface area (Å²) >= 11 is 0. The lowest BCUT2D eigenvalue weighted by atomic mass is 10.1. The topological polar surface area (TPSA) is 99.0 Å². The highest BCUT2D eigenvalue weighted by atomic mass is 32.2. The van der Waals surface area contributed by atoms with Gasteiger partial charge in [-0.05, 0) is 38.1 Å². The SMILES string of the molecule is COc1ccc(NS(=O)(=O)c2c(C)nn(-c3ccc(-c4ccccc4)nn3)c2C)cc1F. The van der Waals surface area contributed by atoms with Crippen LogP contribution in [0.5, 0.6) is 5.75 Å². The van der Waals surface area contributed by atoms with Crippen LogP contribution in [0.3, 0.4) is 0 Å². The number of aromatic nitrogens is 4. The third-order valence-corrected chi connectivity index (χ3v) is 6.47. The van der Waals surface area contributed by atoms with E-state index >= 15 is 0 Å². The van der Waals surface area contributed by atoms with Crippen molar-refractivity contribution in [2.75, 3.05) is 11.8 Å². The molecule has 32 heavy (non-hydrogen) atoms. The van der Waals surface area contributed by atoms with E-state index in [2.05, 4.69) is 20.0 Å². The van der Waals surface area contributed by atoms with E-state index in [-0.39, 0.29) is 22.0 Å². The van der Waals surface area contributed by atoms with E-state index in [0.29, 0.717) is 17.2 Å². The van der Waals surface area contributed by atoms with Gasteiger partial charge in [0, 0.05) is 11.6 Å². The van der Waals surface area contributed by atoms with E-state index < -0.39 is 15.8 Å². The third-order valence-electron chi connectivity index (χ3n) is 4.83. The number of nitrogens with zero attached hydrogens (tertiary/aromatic N) is 4. The van der Waals surface area contributed by atoms with E-state index in [1.807, 2.05) is 30.3 Å². The predicted molar refractivity (Wildman–Crippen MR) is 118 cm³/mol. The fourth-order valence-electron chi connectivity index (χ4n) is 3.38. The fourth-order valence-corrected chi connectivity index (χ4v) is 4.82. The fraction of sp³-hybridized carbons (Fsp3) is 0.136. The van der Waals surface area contributed by atoms with Gasteiger partial charge < -0.3 is 4.74 Å². The zero-order chi connectivity index (χ0) is 22.9. The van der Waals surface area contributed by atoms with Crippen LogP contribution in [0.15, 0.2) is 65.6 Å². The number of sulfonamides is 1. The number of methoxy groups -OCH3 is 1. The largest absolute Gasteiger partial charge is 0.494 e. The van der Waals surface area contributed by atoms with Gasteiger partial charge in [-0.15, -0.1) is 10.2 Å². The Bertz CT molecular complexity index is 1370. The molecule has 0 aliphatic carbocycles. The number of rotatable bonds is 6. The van der Waals surface area contributed by atoms with Crippen molar-refractivity contribution in [1.29, 1.82) is 0 Å². The van der Waals surface area contributed by atoms with Crippen LogP contribution < -0.4 is 9.46 Å². The van der Waals surface area contributed by atoms with Crippen LogP contribution in [0.4, 0.5) is 10.1 Å². The second kappa shape index (κ2) is 8.39. The summed E-state index contributed by atoms with van der Waals surface area (Å²) in [7, 11) is -2.71. The third kappa shape index (κ3) is 4.04. The van der Waals surface area contributed by atoms with Crippen molar-refractivity contribution in [3.63, 3.8) is 0 Å². The summed E-state index contributed by atoms with van der Waals surface area (Å²) < 4.78 is 48.7. The summed E-state index contributed by atoms with van der Waals surface area (Å²) in [6, 6.07) is 16.9. The van der Waals surface area contributed by atoms with E-state index in [1.165, 1.54) is 23.9 Å². The summed E-state index contributed by atoms with van der Waals surface area (Å²) in [5, 5.41) is 12.8. The molecule has 2 aromatic heterocycles. The summed E-state index contributed by atoms with van der Waals surface area (Å²) in [6.07, 6.45) is 0. The molecule has 4 aromatic rings. The predicted octanol–water partition coefficient (Wildman–Crippen LogP) is 3.89. The minimum absolute atomic E-state index is 0.0114. The Labute approximate surface area is 184 Å². The number of halogens is 1. The number of aryl methyl sites for hydroxylation is 1. The van der Waals surface area contributed by atoms with Crippen molar-refractivity contribution >= 4 is 15.7 Å². The van der Waals surface area contributed by atoms with Crippen molar-refractivity contribution in [2.24, 2.45) is 0 Å². The number of hydrogen-bond acceptors (Lipinski definition) is 6. The van der Waals surface area contributed by atoms with Crippen LogP contribution in [0.2, 0.25) is 0 Å². The second-order valence-electron chi connectivity index (χ2n) is 7.01. The lowest BCUT2D eigenvalue weighted by molar-refractivity contribution is 0.386. The highest BCUT2D eigenvalue weighted by molar-refractivity contribution is 7.92. The standard InChI is InChI=1S/C22H20FN5O3S/c1-14-22(32(29,30)27-17-9-11-20(31-3)18(23)13-17)15(2)28(26-14)21-12-10-19(24-25-21)16-7-5-4-6-8-16/h4-13,27H,1-3H3. The van der Waals surface area contributed by atoms with Gasteiger partial charge in [0.05, 0.1) is 29.9 Å². The van der Waals surface area contributed by atoms with Gasteiger partial charge in [0.15, 0.2) is 17.4 Å². The molecule has 0 fully saturated rings. The van der Waals surface area contributed by atoms with Crippen molar-refractivity contribution < 1.29 is 17.5 Å². The molecule has 0 saturated heterocycles. The van der Waals surface area contributed by atoms with Gasteiger partial charge in [-0.2, -0.15) is 5.10 Å². The molecule has 164 valence electrons. The lowest BCUT2D eigenvalue weighted by Gasteiger charge is -2.10. The summed E-state index contributed by atoms with van der Waals surface area (Å²) in [5.41, 5.74) is 2.30. The Kier molecular flexibility index (Phi) is 5.62.